The molecule has 0 amide bonds. The third kappa shape index (κ3) is 2.70. The van der Waals surface area contributed by atoms with Crippen molar-refractivity contribution in [1.29, 1.82) is 0 Å². The van der Waals surface area contributed by atoms with Crippen LogP contribution in [0.15, 0.2) is 47.5 Å². The quantitative estimate of drug-likeness (QED) is 0.698. The number of nitrogens with zero attached hydrogens (tertiary/aromatic N) is 1. The van der Waals surface area contributed by atoms with E-state index < -0.39 is 0 Å². The number of fused-ring (bicyclic) bond motifs is 1. The van der Waals surface area contributed by atoms with Gasteiger partial charge in [0.1, 0.15) is 5.84 Å². The summed E-state index contributed by atoms with van der Waals surface area (Å²) in [4.78, 5) is 4.37. The summed E-state index contributed by atoms with van der Waals surface area (Å²) in [5.41, 5.74) is 7.83. The number of amidine groups is 1. The SMILES string of the molecule is NC(=NCc1cccc(Cl)c1)c1ccc2c(c1)OCO2. The van der Waals surface area contributed by atoms with Gasteiger partial charge in [-0.1, -0.05) is 23.7 Å². The maximum atomic E-state index is 6.00. The van der Waals surface area contributed by atoms with Gasteiger partial charge in [-0.05, 0) is 35.9 Å². The molecule has 0 saturated carbocycles. The maximum absolute atomic E-state index is 6.00. The van der Waals surface area contributed by atoms with Crippen molar-refractivity contribution in [2.45, 2.75) is 6.54 Å². The number of aliphatic imine (C=N–C) groups is 1. The Bertz CT molecular complexity index is 671. The lowest BCUT2D eigenvalue weighted by atomic mass is 10.2. The van der Waals surface area contributed by atoms with Crippen molar-refractivity contribution in [3.63, 3.8) is 0 Å². The number of nitrogens with two attached hydrogens (primary N) is 1. The number of halogens is 1. The minimum atomic E-state index is 0.248. The van der Waals surface area contributed by atoms with Gasteiger partial charge in [0, 0.05) is 10.6 Å². The Morgan fingerprint density at radius 1 is 1.15 bits per heavy atom. The van der Waals surface area contributed by atoms with Crippen LogP contribution < -0.4 is 15.2 Å². The molecule has 4 nitrogen and oxygen atoms in total. The number of ether oxygens (including phenoxy) is 2. The van der Waals surface area contributed by atoms with Crippen molar-refractivity contribution in [2.24, 2.45) is 10.7 Å². The smallest absolute Gasteiger partial charge is 0.231 e. The largest absolute Gasteiger partial charge is 0.454 e. The van der Waals surface area contributed by atoms with E-state index in [0.29, 0.717) is 23.2 Å². The topological polar surface area (TPSA) is 56.8 Å². The fourth-order valence-corrected chi connectivity index (χ4v) is 2.17. The minimum absolute atomic E-state index is 0.248. The molecule has 0 aromatic heterocycles. The summed E-state index contributed by atoms with van der Waals surface area (Å²) >= 11 is 5.93. The van der Waals surface area contributed by atoms with Crippen molar-refractivity contribution < 1.29 is 9.47 Å². The van der Waals surface area contributed by atoms with Gasteiger partial charge < -0.3 is 15.2 Å². The lowest BCUT2D eigenvalue weighted by molar-refractivity contribution is 0.174. The fraction of sp³-hybridized carbons (Fsp3) is 0.133. The Kier molecular flexibility index (Phi) is 3.48. The van der Waals surface area contributed by atoms with Gasteiger partial charge in [-0.15, -0.1) is 0 Å². The summed E-state index contributed by atoms with van der Waals surface area (Å²) in [5.74, 6) is 1.89. The molecule has 0 saturated heterocycles. The number of hydrogen-bond donors (Lipinski definition) is 1. The molecule has 2 aromatic rings. The van der Waals surface area contributed by atoms with Gasteiger partial charge in [-0.25, -0.2) is 0 Å². The highest BCUT2D eigenvalue weighted by Crippen LogP contribution is 2.32. The Hall–Kier alpha value is -2.20. The van der Waals surface area contributed by atoms with Gasteiger partial charge in [-0.3, -0.25) is 4.99 Å². The van der Waals surface area contributed by atoms with Crippen LogP contribution in [0.5, 0.6) is 11.5 Å². The normalized spacial score (nSPS) is 13.6. The summed E-state index contributed by atoms with van der Waals surface area (Å²) in [7, 11) is 0. The van der Waals surface area contributed by atoms with Crippen LogP contribution in [0.3, 0.4) is 0 Å². The van der Waals surface area contributed by atoms with Gasteiger partial charge in [0.2, 0.25) is 6.79 Å². The monoisotopic (exact) mass is 288 g/mol. The highest BCUT2D eigenvalue weighted by atomic mass is 35.5. The van der Waals surface area contributed by atoms with E-state index in [2.05, 4.69) is 4.99 Å². The lowest BCUT2D eigenvalue weighted by Gasteiger charge is -2.03. The first-order valence-electron chi connectivity index (χ1n) is 6.17. The van der Waals surface area contributed by atoms with E-state index in [1.807, 2.05) is 42.5 Å². The van der Waals surface area contributed by atoms with Crippen LogP contribution in [0.4, 0.5) is 0 Å². The molecule has 2 N–H and O–H groups in total. The molecule has 0 unspecified atom stereocenters. The van der Waals surface area contributed by atoms with Crippen molar-refractivity contribution in [2.75, 3.05) is 6.79 Å². The Balaban J connectivity index is 1.78. The van der Waals surface area contributed by atoms with Gasteiger partial charge in [0.25, 0.3) is 0 Å². The molecule has 102 valence electrons. The fourth-order valence-electron chi connectivity index (χ4n) is 1.96. The predicted molar refractivity (Wildman–Crippen MR) is 78.4 cm³/mol. The second-order valence-electron chi connectivity index (χ2n) is 4.40. The maximum Gasteiger partial charge on any atom is 0.231 e. The van der Waals surface area contributed by atoms with Gasteiger partial charge in [0.15, 0.2) is 11.5 Å². The summed E-state index contributed by atoms with van der Waals surface area (Å²) in [6.07, 6.45) is 0. The van der Waals surface area contributed by atoms with Crippen molar-refractivity contribution >= 4 is 17.4 Å². The molecule has 1 aliphatic rings. The molecular formula is C15H13ClN2O2. The predicted octanol–water partition coefficient (Wildman–Crippen LogP) is 2.97. The molecule has 20 heavy (non-hydrogen) atoms. The summed E-state index contributed by atoms with van der Waals surface area (Å²) in [6, 6.07) is 13.1. The van der Waals surface area contributed by atoms with Crippen LogP contribution >= 0.6 is 11.6 Å². The second-order valence-corrected chi connectivity index (χ2v) is 4.84. The molecule has 0 atom stereocenters. The zero-order chi connectivity index (χ0) is 13.9. The first-order valence-corrected chi connectivity index (χ1v) is 6.54. The average molecular weight is 289 g/mol. The van der Waals surface area contributed by atoms with Crippen LogP contribution in [0, 0.1) is 0 Å². The Labute approximate surface area is 121 Å². The standard InChI is InChI=1S/C15H13ClN2O2/c16-12-3-1-2-10(6-12)8-18-15(17)11-4-5-13-14(7-11)20-9-19-13/h1-7H,8-9H2,(H2,17,18). The molecule has 0 fully saturated rings. The van der Waals surface area contributed by atoms with Gasteiger partial charge in [0.05, 0.1) is 6.54 Å². The zero-order valence-electron chi connectivity index (χ0n) is 10.7. The van der Waals surface area contributed by atoms with E-state index in [4.69, 9.17) is 26.8 Å². The van der Waals surface area contributed by atoms with Crippen LogP contribution in [-0.4, -0.2) is 12.6 Å². The van der Waals surface area contributed by atoms with E-state index in [1.54, 1.807) is 0 Å². The zero-order valence-corrected chi connectivity index (χ0v) is 11.4. The minimum Gasteiger partial charge on any atom is -0.454 e. The van der Waals surface area contributed by atoms with E-state index in [-0.39, 0.29) is 6.79 Å². The summed E-state index contributed by atoms with van der Waals surface area (Å²) in [5, 5.41) is 0.694. The first kappa shape index (κ1) is 12.8. The summed E-state index contributed by atoms with van der Waals surface area (Å²) < 4.78 is 10.6. The Morgan fingerprint density at radius 2 is 2.00 bits per heavy atom. The van der Waals surface area contributed by atoms with Crippen LogP contribution in [0.25, 0.3) is 0 Å². The van der Waals surface area contributed by atoms with Crippen LogP contribution in [0.2, 0.25) is 5.02 Å². The highest BCUT2D eigenvalue weighted by molar-refractivity contribution is 6.30. The van der Waals surface area contributed by atoms with Gasteiger partial charge in [-0.2, -0.15) is 0 Å². The van der Waals surface area contributed by atoms with E-state index in [0.717, 1.165) is 16.9 Å². The van der Waals surface area contributed by atoms with E-state index in [9.17, 15) is 0 Å². The number of hydrogen-bond acceptors (Lipinski definition) is 3. The average Bonchev–Trinajstić information content (AvgIpc) is 2.92. The van der Waals surface area contributed by atoms with Crippen molar-refractivity contribution in [3.8, 4) is 11.5 Å². The number of rotatable bonds is 3. The first-order chi connectivity index (χ1) is 9.72. The van der Waals surface area contributed by atoms with E-state index >= 15 is 0 Å². The molecule has 0 spiro atoms. The Morgan fingerprint density at radius 3 is 2.85 bits per heavy atom. The van der Waals surface area contributed by atoms with Crippen molar-refractivity contribution in [1.82, 2.24) is 0 Å². The van der Waals surface area contributed by atoms with Crippen LogP contribution in [0.1, 0.15) is 11.1 Å². The molecule has 0 radical (unpaired) electrons. The molecule has 5 heteroatoms. The van der Waals surface area contributed by atoms with Gasteiger partial charge >= 0.3 is 0 Å². The summed E-state index contributed by atoms with van der Waals surface area (Å²) in [6.45, 7) is 0.735. The molecule has 1 heterocycles. The third-order valence-electron chi connectivity index (χ3n) is 2.99. The lowest BCUT2D eigenvalue weighted by Crippen LogP contribution is -2.13. The molecule has 0 bridgehead atoms. The van der Waals surface area contributed by atoms with Crippen LogP contribution in [-0.2, 0) is 6.54 Å². The highest BCUT2D eigenvalue weighted by Gasteiger charge is 2.14. The third-order valence-corrected chi connectivity index (χ3v) is 3.22. The molecule has 3 rings (SSSR count). The number of benzene rings is 2. The van der Waals surface area contributed by atoms with E-state index in [1.165, 1.54) is 0 Å². The molecule has 1 aliphatic heterocycles. The second kappa shape index (κ2) is 5.43. The molecular weight excluding hydrogens is 276 g/mol. The van der Waals surface area contributed by atoms with Crippen molar-refractivity contribution in [3.05, 3.63) is 58.6 Å². The molecule has 2 aromatic carbocycles. The molecule has 0 aliphatic carbocycles.